The molecule has 3 unspecified atom stereocenters. The predicted octanol–water partition coefficient (Wildman–Crippen LogP) is 16.7. The normalized spacial score (nSPS) is 11.1. The Hall–Kier alpha value is -10.5. The molecule has 0 spiro atoms. The summed E-state index contributed by atoms with van der Waals surface area (Å²) in [5.74, 6) is -0.800. The van der Waals surface area contributed by atoms with Gasteiger partial charge in [0.2, 0.25) is 9.23 Å². The van der Waals surface area contributed by atoms with Gasteiger partial charge in [0, 0.05) is 53.4 Å². The van der Waals surface area contributed by atoms with Crippen LogP contribution in [0, 0.1) is 33.9 Å². The average molecular weight is 1710 g/mol. The van der Waals surface area contributed by atoms with Crippen LogP contribution in [-0.2, 0) is 15.8 Å². The summed E-state index contributed by atoms with van der Waals surface area (Å²) in [6.07, 6.45) is 13.4. The van der Waals surface area contributed by atoms with E-state index < -0.39 is 15.3 Å². The quantitative estimate of drug-likeness (QED) is 0.00792. The Morgan fingerprint density at radius 2 is 0.730 bits per heavy atom. The fraction of sp³-hybridized carbons (Fsp3) is 0.284. The third-order valence-corrected chi connectivity index (χ3v) is 18.8. The molecule has 3 aromatic heterocycles. The zero-order valence-electron chi connectivity index (χ0n) is 71.9. The number of rotatable bonds is 33. The van der Waals surface area contributed by atoms with Gasteiger partial charge in [-0.1, -0.05) is 230 Å². The third-order valence-electron chi connectivity index (χ3n) is 18.8. The number of aliphatic hydroxyl groups is 1. The zero-order chi connectivity index (χ0) is 86.4. The van der Waals surface area contributed by atoms with Gasteiger partial charge < -0.3 is 56.1 Å². The van der Waals surface area contributed by atoms with Crippen molar-refractivity contribution in [2.45, 2.75) is 143 Å². The van der Waals surface area contributed by atoms with Crippen LogP contribution in [-0.4, -0.2) is 97.5 Å². The molecule has 12 rings (SSSR count). The Kier molecular flexibility index (Phi) is 47.7. The topological polar surface area (TPSA) is 315 Å². The largest absolute Gasteiger partial charge is 1.00 e. The number of nitrogens with one attached hydrogen (secondary N) is 5. The monoisotopic (exact) mass is 1710 g/mol. The van der Waals surface area contributed by atoms with Crippen molar-refractivity contribution in [1.29, 1.82) is 0 Å². The molecule has 0 fully saturated rings. The summed E-state index contributed by atoms with van der Waals surface area (Å²) in [7, 11) is 7.36. The second-order valence-electron chi connectivity index (χ2n) is 28.3. The van der Waals surface area contributed by atoms with Gasteiger partial charge in [0.25, 0.3) is 17.7 Å². The average Bonchev–Trinajstić information content (AvgIpc) is 1.71. The van der Waals surface area contributed by atoms with Crippen molar-refractivity contribution in [3.8, 4) is 17.1 Å². The van der Waals surface area contributed by atoms with Gasteiger partial charge in [-0.25, -0.2) is 27.9 Å². The van der Waals surface area contributed by atoms with Crippen molar-refractivity contribution in [1.82, 2.24) is 40.0 Å². The summed E-state index contributed by atoms with van der Waals surface area (Å²) >= 11 is 0. The first-order valence-electron chi connectivity index (χ1n) is 40.6. The Bertz CT molecular complexity index is 5220. The number of aromatic nitrogens is 6. The molecule has 14 N–H and O–H groups in total. The number of carbonyl (C=O) groups is 3. The van der Waals surface area contributed by atoms with Crippen molar-refractivity contribution in [2.75, 3.05) is 48.7 Å². The summed E-state index contributed by atoms with van der Waals surface area (Å²) in [4.78, 5) is 46.6. The Morgan fingerprint density at radius 3 is 1.07 bits per heavy atom. The number of aliphatic hydroxyl groups excluding tert-OH is 1. The van der Waals surface area contributed by atoms with Crippen LogP contribution in [0.1, 0.15) is 205 Å². The van der Waals surface area contributed by atoms with E-state index in [1.54, 1.807) is 88.2 Å². The van der Waals surface area contributed by atoms with Crippen LogP contribution in [0.2, 0.25) is 0 Å². The third kappa shape index (κ3) is 34.1. The van der Waals surface area contributed by atoms with E-state index in [0.717, 1.165) is 103 Å². The number of benzene rings is 9. The van der Waals surface area contributed by atoms with Gasteiger partial charge in [-0.15, -0.1) is 0 Å². The molecule has 0 bridgehead atoms. The van der Waals surface area contributed by atoms with Gasteiger partial charge in [-0.05, 0) is 216 Å². The molecule has 3 heterocycles. The van der Waals surface area contributed by atoms with E-state index in [-0.39, 0.29) is 69.2 Å². The maximum absolute atomic E-state index is 13.4. The number of amides is 3. The van der Waals surface area contributed by atoms with Gasteiger partial charge in [0.15, 0.2) is 11.4 Å². The molecule has 27 heteroatoms. The van der Waals surface area contributed by atoms with Crippen molar-refractivity contribution in [3.63, 3.8) is 0 Å². The molecule has 0 saturated heterocycles. The van der Waals surface area contributed by atoms with E-state index in [9.17, 15) is 19.5 Å². The van der Waals surface area contributed by atoms with E-state index in [1.165, 1.54) is 67.2 Å². The number of hydrogen-bond donors (Lipinski definition) is 10. The van der Waals surface area contributed by atoms with Gasteiger partial charge in [0.1, 0.15) is 23.2 Å². The van der Waals surface area contributed by atoms with Crippen LogP contribution < -0.4 is 79.1 Å². The van der Waals surface area contributed by atoms with Crippen molar-refractivity contribution < 1.29 is 54.7 Å². The number of halogens is 2. The summed E-state index contributed by atoms with van der Waals surface area (Å²) in [5, 5.41) is 40.5. The summed E-state index contributed by atoms with van der Waals surface area (Å²) in [6.45, 7) is 31.4. The molecule has 0 saturated carbocycles. The van der Waals surface area contributed by atoms with Crippen molar-refractivity contribution >= 4 is 85.2 Å². The molecular weight excluding hydrogens is 1600 g/mol. The van der Waals surface area contributed by atoms with E-state index in [2.05, 4.69) is 142 Å². The number of hydrogen-bond acceptors (Lipinski definition) is 14. The number of unbranched alkanes of at least 4 members (excludes halogenated alkanes) is 8. The van der Waals surface area contributed by atoms with Crippen LogP contribution in [0.3, 0.4) is 0 Å². The maximum Gasteiger partial charge on any atom is 1.00 e. The fourth-order valence-corrected chi connectivity index (χ4v) is 12.8. The Morgan fingerprint density at radius 1 is 0.418 bits per heavy atom. The molecule has 3 atom stereocenters. The number of nitrogens with zero attached hydrogens (tertiary/aromatic N) is 8. The molecule has 22 nitrogen and oxygen atoms in total. The number of aryl methyl sites for hydroxylation is 3. The predicted molar refractivity (Wildman–Crippen MR) is 498 cm³/mol. The van der Waals surface area contributed by atoms with E-state index in [1.807, 2.05) is 148 Å². The first-order chi connectivity index (χ1) is 58.3. The Labute approximate surface area is 756 Å². The number of anilines is 3. The van der Waals surface area contributed by atoms with Crippen molar-refractivity contribution in [2.24, 2.45) is 22.9 Å². The van der Waals surface area contributed by atoms with Gasteiger partial charge in [0.05, 0.1) is 59.4 Å². The fourth-order valence-electron chi connectivity index (χ4n) is 12.8. The van der Waals surface area contributed by atoms with Crippen LogP contribution >= 0.6 is 21.4 Å². The second-order valence-corrected chi connectivity index (χ2v) is 30.8. The summed E-state index contributed by atoms with van der Waals surface area (Å²) in [5.41, 5.74) is 37.1. The van der Waals surface area contributed by atoms with Crippen LogP contribution in [0.25, 0.3) is 26.8 Å². The molecule has 0 aliphatic carbocycles. The molecule has 9 aromatic carbocycles. The molecule has 3 radical (unpaired) electrons. The molecular formula is C95H114BCl2N17NaO5S. The van der Waals surface area contributed by atoms with Crippen molar-refractivity contribution in [3.05, 3.63) is 351 Å². The molecule has 3 amide bonds. The number of nitrogens with two attached hydrogens (primary N) is 4. The summed E-state index contributed by atoms with van der Waals surface area (Å²) in [6, 6.07) is 80.5. The van der Waals surface area contributed by atoms with Gasteiger partial charge >= 0.3 is 29.6 Å². The maximum atomic E-state index is 13.4. The van der Waals surface area contributed by atoms with E-state index >= 15 is 0 Å². The molecule has 633 valence electrons. The molecule has 12 aromatic rings. The Balaban J connectivity index is 0.000000349. The van der Waals surface area contributed by atoms with Gasteiger partial charge in [-0.3, -0.25) is 14.4 Å². The standard InChI is InChI=1S/C30H31N5O.C30H35N5O.C25H20N4O2.C5H14N2.C5H13N.B.Cl2OS.Na.H/c1-4-5-9-18-32-29(23-12-7-6-8-13-23)24-14-10-16-26(20-24)33-30(36)28-19-22(2)34-35(28)27-17-11-15-25(21-27)31-3;1-3-4-8-17-32-29(24-12-6-5-7-13-24)25-14-10-15-26(20-25)33-30(36)28-18-22(2)34-35(28)27-16-9-11-23(19-27)21-31;1-17-14-23(29(28-17)22-13-7-11-20(16-22)26-2)25(31)27-21-12-6-10-19(15-21)24(30)18-8-4-3-5-9-18;6-4-2-1-3-5-7;1-2-3-4-5-6;;1-4(2)3;;/h6-8,10-17,19-21,29,32H,4-5,9,18H2,1-2H3,(H,33,36);5-7,9-16,18-20,29,32H,3-4,8,17,21,31H2,1-2H3,(H,33,36);3-16,24,30H,1H3,(H,27,31);1-7H2;2-6H2,1H3;;;;/q;;;;;;;+1;-1. The zero-order valence-corrected chi connectivity index (χ0v) is 75.2. The smallest absolute Gasteiger partial charge is 1.00 e. The minimum atomic E-state index is -1.67. The van der Waals surface area contributed by atoms with Crippen LogP contribution in [0.15, 0.2) is 255 Å². The summed E-state index contributed by atoms with van der Waals surface area (Å²) < 4.78 is 13.9. The second kappa shape index (κ2) is 57.0. The van der Waals surface area contributed by atoms with E-state index in [4.69, 9.17) is 40.3 Å². The van der Waals surface area contributed by atoms with Crippen LogP contribution in [0.5, 0.6) is 0 Å². The van der Waals surface area contributed by atoms with E-state index in [0.29, 0.717) is 69.0 Å². The first kappa shape index (κ1) is 102. The first-order valence-corrected chi connectivity index (χ1v) is 43.4. The molecule has 122 heavy (non-hydrogen) atoms. The molecule has 0 aliphatic heterocycles. The minimum absolute atomic E-state index is 0. The molecule has 0 aliphatic rings. The minimum Gasteiger partial charge on any atom is -1.00 e. The van der Waals surface area contributed by atoms with Gasteiger partial charge in [-0.2, -0.15) is 15.3 Å². The SMILES string of the molecule is CCCCCN.CCCCCNC(c1ccccc1)c1cccc(NC(=O)c2cc(C)nn2-c2cccc(CN)c2)c1.NCCCCCN.O=S(Cl)Cl.[B].[C-]#[N+]c1cccc(-n2nc(C)cc2C(=O)Nc2cccc(C(NCCCCC)c3ccccc3)c2)c1.[C-]#[N+]c1cccc(-n2nc(C)cc2C(=O)Nc2cccc(C(O)c3ccccc3)c2)c1.[H-].[Na+]. The number of carbonyl (C=O) groups excluding carboxylic acids is 3. The van der Waals surface area contributed by atoms with Crippen LogP contribution in [0.4, 0.5) is 28.4 Å².